The largest absolute Gasteiger partial charge is 1.00 e. The van der Waals surface area contributed by atoms with Crippen molar-refractivity contribution >= 4 is 17.8 Å². The average Bonchev–Trinajstić information content (AvgIpc) is 2.22. The van der Waals surface area contributed by atoms with Gasteiger partial charge in [-0.2, -0.15) is 0 Å². The van der Waals surface area contributed by atoms with E-state index < -0.39 is 23.3 Å². The van der Waals surface area contributed by atoms with E-state index in [4.69, 9.17) is 4.74 Å². The van der Waals surface area contributed by atoms with E-state index >= 15 is 0 Å². The molecule has 3 amide bonds. The average molecular weight is 250 g/mol. The van der Waals surface area contributed by atoms with Crippen LogP contribution in [-0.4, -0.2) is 31.0 Å². The molecule has 7 heteroatoms. The van der Waals surface area contributed by atoms with Crippen molar-refractivity contribution in [1.82, 2.24) is 5.32 Å². The van der Waals surface area contributed by atoms with Crippen molar-refractivity contribution in [3.63, 3.8) is 0 Å². The molecule has 1 N–H and O–H groups in total. The summed E-state index contributed by atoms with van der Waals surface area (Å²) in [4.78, 5) is 25.8. The van der Waals surface area contributed by atoms with Crippen LogP contribution in [-0.2, 0) is 9.53 Å². The topological polar surface area (TPSA) is 90.8 Å². The van der Waals surface area contributed by atoms with Gasteiger partial charge in [0.1, 0.15) is 0 Å². The van der Waals surface area contributed by atoms with Gasteiger partial charge in [-0.25, -0.2) is 9.79 Å². The number of nitrogens with one attached hydrogen (secondary N) is 1. The van der Waals surface area contributed by atoms with Gasteiger partial charge in [0.25, 0.3) is 0 Å². The summed E-state index contributed by atoms with van der Waals surface area (Å²) >= 11 is 0. The maximum atomic E-state index is 11.7. The van der Waals surface area contributed by atoms with Crippen LogP contribution in [0.3, 0.4) is 0 Å². The molecule has 1 unspecified atom stereocenters. The van der Waals surface area contributed by atoms with Crippen LogP contribution in [0.5, 0.6) is 0 Å². The van der Waals surface area contributed by atoms with Crippen molar-refractivity contribution < 1.29 is 49.0 Å². The molecule has 1 rings (SSSR count). The Kier molecular flexibility index (Phi) is 6.92. The molecule has 0 aromatic rings. The first-order valence-corrected chi connectivity index (χ1v) is 5.26. The van der Waals surface area contributed by atoms with Crippen LogP contribution >= 0.6 is 0 Å². The van der Waals surface area contributed by atoms with Crippen LogP contribution in [0.15, 0.2) is 4.99 Å². The monoisotopic (exact) mass is 250 g/mol. The maximum Gasteiger partial charge on any atom is 1.00 e. The van der Waals surface area contributed by atoms with Crippen LogP contribution in [0.4, 0.5) is 4.79 Å². The van der Waals surface area contributed by atoms with Crippen molar-refractivity contribution in [3.8, 4) is 0 Å². The molecule has 0 spiro atoms. The first-order chi connectivity index (χ1) is 7.56. The number of aliphatic imine (C=N–C) groups is 1. The standard InChI is InChI=1S/C10H16N2O4.Na/c1-3-10(5-6-16-4-2)7(13)11-9(15)12-8(10)14;/h3-6H2,1-2H3,(H2,11,12,13,14,15);/q;+1/p-1. The van der Waals surface area contributed by atoms with Gasteiger partial charge in [0.2, 0.25) is 5.91 Å². The normalized spacial score (nSPS) is 23.8. The Morgan fingerprint density at radius 1 is 1.41 bits per heavy atom. The van der Waals surface area contributed by atoms with Crippen LogP contribution < -0.4 is 40.0 Å². The van der Waals surface area contributed by atoms with E-state index in [9.17, 15) is 14.7 Å². The number of nitrogens with zero attached hydrogens (tertiary/aromatic N) is 1. The zero-order chi connectivity index (χ0) is 12.2. The Morgan fingerprint density at radius 2 is 2.06 bits per heavy atom. The molecule has 0 fully saturated rings. The second-order valence-corrected chi connectivity index (χ2v) is 3.56. The van der Waals surface area contributed by atoms with E-state index in [0.29, 0.717) is 19.6 Å². The van der Waals surface area contributed by atoms with Crippen molar-refractivity contribution in [2.24, 2.45) is 10.4 Å². The SMILES string of the molecule is CCOCCC1(CC)C(=O)NC(=O)N=C1[O-].[Na+]. The van der Waals surface area contributed by atoms with Gasteiger partial charge in [0.15, 0.2) is 0 Å². The van der Waals surface area contributed by atoms with E-state index in [-0.39, 0.29) is 36.0 Å². The number of carbonyl (C=O) groups excluding carboxylic acids is 2. The number of ether oxygens (including phenoxy) is 1. The number of imide groups is 1. The fourth-order valence-corrected chi connectivity index (χ4v) is 1.64. The van der Waals surface area contributed by atoms with Gasteiger partial charge in [-0.05, 0) is 25.7 Å². The molecule has 0 saturated carbocycles. The van der Waals surface area contributed by atoms with Gasteiger partial charge in [-0.1, -0.05) is 6.92 Å². The molecule has 1 heterocycles. The molecule has 0 aromatic heterocycles. The van der Waals surface area contributed by atoms with Crippen LogP contribution in [0.1, 0.15) is 26.7 Å². The summed E-state index contributed by atoms with van der Waals surface area (Å²) in [6.07, 6.45) is 0.556. The first kappa shape index (κ1) is 16.6. The molecule has 0 bridgehead atoms. The Bertz CT molecular complexity index is 332. The maximum absolute atomic E-state index is 11.7. The van der Waals surface area contributed by atoms with Gasteiger partial charge in [-0.15, -0.1) is 0 Å². The molecule has 6 nitrogen and oxygen atoms in total. The Labute approximate surface area is 122 Å². The zero-order valence-corrected chi connectivity index (χ0v) is 12.4. The molecule has 90 valence electrons. The summed E-state index contributed by atoms with van der Waals surface area (Å²) in [6, 6.07) is -0.879. The number of hydrogen-bond acceptors (Lipinski definition) is 4. The van der Waals surface area contributed by atoms with E-state index in [0.717, 1.165) is 0 Å². The van der Waals surface area contributed by atoms with E-state index in [1.807, 2.05) is 6.92 Å². The second-order valence-electron chi connectivity index (χ2n) is 3.56. The third-order valence-corrected chi connectivity index (χ3v) is 2.75. The first-order valence-electron chi connectivity index (χ1n) is 5.26. The summed E-state index contributed by atoms with van der Waals surface area (Å²) < 4.78 is 5.13. The van der Waals surface area contributed by atoms with Crippen molar-refractivity contribution in [1.29, 1.82) is 0 Å². The minimum atomic E-state index is -1.23. The molecular weight excluding hydrogens is 235 g/mol. The van der Waals surface area contributed by atoms with Gasteiger partial charge >= 0.3 is 35.6 Å². The predicted molar refractivity (Wildman–Crippen MR) is 54.8 cm³/mol. The predicted octanol–water partition coefficient (Wildman–Crippen LogP) is -3.18. The van der Waals surface area contributed by atoms with Crippen LogP contribution in [0, 0.1) is 5.41 Å². The fourth-order valence-electron chi connectivity index (χ4n) is 1.64. The molecule has 0 saturated heterocycles. The summed E-state index contributed by atoms with van der Waals surface area (Å²) in [6.45, 7) is 4.36. The summed E-state index contributed by atoms with van der Waals surface area (Å²) in [5.74, 6) is -1.23. The Balaban J connectivity index is 0.00000256. The molecule has 0 aliphatic carbocycles. The number of rotatable bonds is 5. The van der Waals surface area contributed by atoms with Gasteiger partial charge in [0, 0.05) is 13.2 Å². The third-order valence-electron chi connectivity index (χ3n) is 2.75. The Morgan fingerprint density at radius 3 is 2.53 bits per heavy atom. The van der Waals surface area contributed by atoms with Crippen LogP contribution in [0.25, 0.3) is 0 Å². The van der Waals surface area contributed by atoms with E-state index in [1.165, 1.54) is 0 Å². The molecule has 1 aliphatic rings. The summed E-state index contributed by atoms with van der Waals surface area (Å²) in [7, 11) is 0. The van der Waals surface area contributed by atoms with Crippen molar-refractivity contribution in [2.45, 2.75) is 26.7 Å². The molecule has 0 aromatic carbocycles. The fraction of sp³-hybridized carbons (Fsp3) is 0.700. The number of carbonyl (C=O) groups is 2. The minimum Gasteiger partial charge on any atom is -0.861 e. The van der Waals surface area contributed by atoms with Gasteiger partial charge < -0.3 is 9.84 Å². The van der Waals surface area contributed by atoms with Crippen LogP contribution in [0.2, 0.25) is 0 Å². The van der Waals surface area contributed by atoms with Gasteiger partial charge in [-0.3, -0.25) is 10.1 Å². The molecule has 0 radical (unpaired) electrons. The molecule has 17 heavy (non-hydrogen) atoms. The third kappa shape index (κ3) is 3.51. The van der Waals surface area contributed by atoms with E-state index in [1.54, 1.807) is 6.92 Å². The quantitative estimate of drug-likeness (QED) is 0.411. The van der Waals surface area contributed by atoms with E-state index in [2.05, 4.69) is 10.3 Å². The molecule has 1 aliphatic heterocycles. The number of hydrogen-bond donors (Lipinski definition) is 1. The van der Waals surface area contributed by atoms with Gasteiger partial charge in [0.05, 0.1) is 5.41 Å². The zero-order valence-electron chi connectivity index (χ0n) is 10.4. The molecule has 1 atom stereocenters. The Hall–Kier alpha value is -0.430. The molecular formula is C10H15N2NaO4. The smallest absolute Gasteiger partial charge is 0.861 e. The number of amides is 3. The minimum absolute atomic E-state index is 0. The van der Waals surface area contributed by atoms with Crippen molar-refractivity contribution in [3.05, 3.63) is 0 Å². The summed E-state index contributed by atoms with van der Waals surface area (Å²) in [5.41, 5.74) is -1.23. The summed E-state index contributed by atoms with van der Waals surface area (Å²) in [5, 5.41) is 13.7. The van der Waals surface area contributed by atoms with Crippen molar-refractivity contribution in [2.75, 3.05) is 13.2 Å². The number of urea groups is 1. The second kappa shape index (κ2) is 7.10.